The summed E-state index contributed by atoms with van der Waals surface area (Å²) >= 11 is 0. The fourth-order valence-electron chi connectivity index (χ4n) is 2.64. The molecule has 0 radical (unpaired) electrons. The first-order chi connectivity index (χ1) is 8.61. The van der Waals surface area contributed by atoms with Crippen molar-refractivity contribution in [2.45, 2.75) is 39.2 Å². The zero-order valence-corrected chi connectivity index (χ0v) is 12.4. The van der Waals surface area contributed by atoms with E-state index in [4.69, 9.17) is 5.73 Å². The van der Waals surface area contributed by atoms with Gasteiger partial charge in [0, 0.05) is 11.6 Å². The zero-order chi connectivity index (χ0) is 13.1. The van der Waals surface area contributed by atoms with Gasteiger partial charge in [-0.2, -0.15) is 0 Å². The van der Waals surface area contributed by atoms with E-state index < -0.39 is 0 Å². The number of nitrogens with two attached hydrogens (primary N) is 1. The van der Waals surface area contributed by atoms with Gasteiger partial charge in [-0.15, -0.1) is 12.4 Å². The van der Waals surface area contributed by atoms with Gasteiger partial charge in [0.25, 0.3) is 5.91 Å². The Bertz CT molecular complexity index is 448. The largest absolute Gasteiger partial charge is 0.349 e. The molecule has 0 bridgehead atoms. The van der Waals surface area contributed by atoms with Crippen LogP contribution in [0.4, 0.5) is 0 Å². The molecule has 1 aromatic rings. The van der Waals surface area contributed by atoms with Gasteiger partial charge in [0.1, 0.15) is 0 Å². The first-order valence-corrected chi connectivity index (χ1v) is 6.70. The van der Waals surface area contributed by atoms with E-state index in [-0.39, 0.29) is 24.4 Å². The van der Waals surface area contributed by atoms with E-state index in [1.165, 1.54) is 12.0 Å². The summed E-state index contributed by atoms with van der Waals surface area (Å²) in [6.45, 7) is 4.75. The number of amides is 1. The second-order valence-corrected chi connectivity index (χ2v) is 5.31. The molecule has 3 N–H and O–H groups in total. The number of halogens is 1. The predicted molar refractivity (Wildman–Crippen MR) is 80.8 cm³/mol. The maximum absolute atomic E-state index is 12.2. The SMILES string of the molecule is Cc1ccc(C(=O)NC2CCCC2CN)cc1C.Cl. The van der Waals surface area contributed by atoms with Gasteiger partial charge in [-0.3, -0.25) is 4.79 Å². The lowest BCUT2D eigenvalue weighted by molar-refractivity contribution is 0.0928. The van der Waals surface area contributed by atoms with Crippen LogP contribution in [0.15, 0.2) is 18.2 Å². The Morgan fingerprint density at radius 2 is 2.05 bits per heavy atom. The Balaban J connectivity index is 0.00000180. The molecule has 3 nitrogen and oxygen atoms in total. The third-order valence-corrected chi connectivity index (χ3v) is 4.05. The molecule has 1 amide bonds. The molecule has 1 aliphatic rings. The summed E-state index contributed by atoms with van der Waals surface area (Å²) in [5, 5.41) is 3.12. The zero-order valence-electron chi connectivity index (χ0n) is 11.6. The van der Waals surface area contributed by atoms with E-state index in [1.54, 1.807) is 0 Å². The Labute approximate surface area is 121 Å². The van der Waals surface area contributed by atoms with E-state index in [2.05, 4.69) is 12.2 Å². The van der Waals surface area contributed by atoms with Crippen LogP contribution >= 0.6 is 12.4 Å². The average molecular weight is 283 g/mol. The molecule has 19 heavy (non-hydrogen) atoms. The lowest BCUT2D eigenvalue weighted by Crippen LogP contribution is -2.39. The van der Waals surface area contributed by atoms with Crippen molar-refractivity contribution in [3.63, 3.8) is 0 Å². The molecule has 2 atom stereocenters. The number of nitrogens with one attached hydrogen (secondary N) is 1. The first-order valence-electron chi connectivity index (χ1n) is 6.70. The Morgan fingerprint density at radius 3 is 2.68 bits per heavy atom. The molecule has 1 saturated carbocycles. The van der Waals surface area contributed by atoms with Gasteiger partial charge in [-0.05, 0) is 62.4 Å². The minimum Gasteiger partial charge on any atom is -0.349 e. The topological polar surface area (TPSA) is 55.1 Å². The van der Waals surface area contributed by atoms with E-state index in [0.29, 0.717) is 12.5 Å². The Kier molecular flexibility index (Phi) is 5.83. The van der Waals surface area contributed by atoms with Crippen molar-refractivity contribution in [1.82, 2.24) is 5.32 Å². The summed E-state index contributed by atoms with van der Waals surface area (Å²) in [5.41, 5.74) is 8.85. The van der Waals surface area contributed by atoms with Crippen LogP contribution < -0.4 is 11.1 Å². The number of rotatable bonds is 3. The van der Waals surface area contributed by atoms with Crippen LogP contribution in [0.2, 0.25) is 0 Å². The minimum atomic E-state index is 0. The van der Waals surface area contributed by atoms with E-state index in [0.717, 1.165) is 24.0 Å². The maximum atomic E-state index is 12.2. The number of carbonyl (C=O) groups excluding carboxylic acids is 1. The number of carbonyl (C=O) groups is 1. The highest BCUT2D eigenvalue weighted by Crippen LogP contribution is 2.25. The van der Waals surface area contributed by atoms with Crippen molar-refractivity contribution in [2.24, 2.45) is 11.7 Å². The molecule has 2 rings (SSSR count). The second-order valence-electron chi connectivity index (χ2n) is 5.31. The molecule has 4 heteroatoms. The van der Waals surface area contributed by atoms with Crippen LogP contribution in [0, 0.1) is 19.8 Å². The summed E-state index contributed by atoms with van der Waals surface area (Å²) in [4.78, 5) is 12.2. The van der Waals surface area contributed by atoms with Gasteiger partial charge >= 0.3 is 0 Å². The van der Waals surface area contributed by atoms with Gasteiger partial charge in [-0.25, -0.2) is 0 Å². The predicted octanol–water partition coefficient (Wildman–Crippen LogP) is 2.58. The lowest BCUT2D eigenvalue weighted by atomic mass is 10.0. The molecule has 1 aromatic carbocycles. The Hall–Kier alpha value is -1.06. The fraction of sp³-hybridized carbons (Fsp3) is 0.533. The Morgan fingerprint density at radius 1 is 1.32 bits per heavy atom. The average Bonchev–Trinajstić information content (AvgIpc) is 2.79. The highest BCUT2D eigenvalue weighted by Gasteiger charge is 2.27. The smallest absolute Gasteiger partial charge is 0.251 e. The van der Waals surface area contributed by atoms with Crippen LogP contribution in [0.3, 0.4) is 0 Å². The van der Waals surface area contributed by atoms with Crippen LogP contribution in [-0.4, -0.2) is 18.5 Å². The number of hydrogen-bond donors (Lipinski definition) is 2. The van der Waals surface area contributed by atoms with Gasteiger partial charge in [0.05, 0.1) is 0 Å². The first kappa shape index (κ1) is 16.0. The van der Waals surface area contributed by atoms with Crippen molar-refractivity contribution in [3.05, 3.63) is 34.9 Å². The van der Waals surface area contributed by atoms with Crippen LogP contribution in [-0.2, 0) is 0 Å². The molecular weight excluding hydrogens is 260 g/mol. The standard InChI is InChI=1S/C15H22N2O.ClH/c1-10-6-7-12(8-11(10)2)15(18)17-14-5-3-4-13(14)9-16;/h6-8,13-14H,3-5,9,16H2,1-2H3,(H,17,18);1H. The monoisotopic (exact) mass is 282 g/mol. The van der Waals surface area contributed by atoms with Crippen molar-refractivity contribution < 1.29 is 4.79 Å². The lowest BCUT2D eigenvalue weighted by Gasteiger charge is -2.19. The van der Waals surface area contributed by atoms with Gasteiger partial charge < -0.3 is 11.1 Å². The molecular formula is C15H23ClN2O. The number of aryl methyl sites for hydroxylation is 2. The van der Waals surface area contributed by atoms with Gasteiger partial charge in [-0.1, -0.05) is 12.5 Å². The molecule has 0 saturated heterocycles. The highest BCUT2D eigenvalue weighted by atomic mass is 35.5. The second kappa shape index (κ2) is 6.92. The van der Waals surface area contributed by atoms with E-state index >= 15 is 0 Å². The molecule has 0 aliphatic heterocycles. The normalized spacial score (nSPS) is 21.8. The highest BCUT2D eigenvalue weighted by molar-refractivity contribution is 5.94. The van der Waals surface area contributed by atoms with Crippen molar-refractivity contribution in [3.8, 4) is 0 Å². The van der Waals surface area contributed by atoms with E-state index in [9.17, 15) is 4.79 Å². The molecule has 0 heterocycles. The molecule has 0 aromatic heterocycles. The molecule has 106 valence electrons. The van der Waals surface area contributed by atoms with E-state index in [1.807, 2.05) is 25.1 Å². The van der Waals surface area contributed by atoms with Crippen LogP contribution in [0.5, 0.6) is 0 Å². The molecule has 0 spiro atoms. The van der Waals surface area contributed by atoms with Crippen molar-refractivity contribution in [1.29, 1.82) is 0 Å². The molecule has 2 unspecified atom stereocenters. The summed E-state index contributed by atoms with van der Waals surface area (Å²) in [6.07, 6.45) is 3.35. The van der Waals surface area contributed by atoms with Gasteiger partial charge in [0.2, 0.25) is 0 Å². The minimum absolute atomic E-state index is 0. The van der Waals surface area contributed by atoms with Crippen molar-refractivity contribution >= 4 is 18.3 Å². The molecule has 1 fully saturated rings. The van der Waals surface area contributed by atoms with Gasteiger partial charge in [0.15, 0.2) is 0 Å². The van der Waals surface area contributed by atoms with Crippen LogP contribution in [0.25, 0.3) is 0 Å². The molecule has 1 aliphatic carbocycles. The quantitative estimate of drug-likeness (QED) is 0.895. The van der Waals surface area contributed by atoms with Crippen molar-refractivity contribution in [2.75, 3.05) is 6.54 Å². The summed E-state index contributed by atoms with van der Waals surface area (Å²) < 4.78 is 0. The third-order valence-electron chi connectivity index (χ3n) is 4.05. The third kappa shape index (κ3) is 3.71. The number of benzene rings is 1. The maximum Gasteiger partial charge on any atom is 0.251 e. The summed E-state index contributed by atoms with van der Waals surface area (Å²) in [6, 6.07) is 6.10. The summed E-state index contributed by atoms with van der Waals surface area (Å²) in [7, 11) is 0. The summed E-state index contributed by atoms with van der Waals surface area (Å²) in [5.74, 6) is 0.476. The fourth-order valence-corrected chi connectivity index (χ4v) is 2.64. The number of hydrogen-bond acceptors (Lipinski definition) is 2. The van der Waals surface area contributed by atoms with Crippen LogP contribution in [0.1, 0.15) is 40.7 Å².